The van der Waals surface area contributed by atoms with Crippen LogP contribution >= 0.6 is 0 Å². The van der Waals surface area contributed by atoms with E-state index in [0.717, 1.165) is 11.1 Å². The van der Waals surface area contributed by atoms with Crippen molar-refractivity contribution in [2.75, 3.05) is 10.6 Å². The lowest BCUT2D eigenvalue weighted by Crippen LogP contribution is -2.30. The van der Waals surface area contributed by atoms with E-state index in [-0.39, 0.29) is 11.8 Å². The molecule has 0 saturated carbocycles. The minimum absolute atomic E-state index is 0.0536. The van der Waals surface area contributed by atoms with Crippen LogP contribution in [-0.2, 0) is 9.59 Å². The first-order valence-corrected chi connectivity index (χ1v) is 9.58. The molecule has 0 radical (unpaired) electrons. The lowest BCUT2D eigenvalue weighted by molar-refractivity contribution is -0.122. The van der Waals surface area contributed by atoms with Gasteiger partial charge in [-0.15, -0.1) is 0 Å². The molecular weight excluding hydrogens is 364 g/mol. The van der Waals surface area contributed by atoms with Gasteiger partial charge in [0.1, 0.15) is 5.75 Å². The van der Waals surface area contributed by atoms with Crippen molar-refractivity contribution in [3.63, 3.8) is 0 Å². The minimum atomic E-state index is -0.656. The smallest absolute Gasteiger partial charge is 0.265 e. The predicted molar refractivity (Wildman–Crippen MR) is 116 cm³/mol. The van der Waals surface area contributed by atoms with E-state index in [1.165, 1.54) is 0 Å². The summed E-state index contributed by atoms with van der Waals surface area (Å²) in [5, 5.41) is 5.58. The van der Waals surface area contributed by atoms with E-state index in [9.17, 15) is 9.59 Å². The van der Waals surface area contributed by atoms with Crippen LogP contribution in [0.1, 0.15) is 20.3 Å². The second-order valence-corrected chi connectivity index (χ2v) is 6.62. The maximum atomic E-state index is 12.4. The van der Waals surface area contributed by atoms with Gasteiger partial charge < -0.3 is 15.4 Å². The normalized spacial score (nSPS) is 11.4. The van der Waals surface area contributed by atoms with Gasteiger partial charge in [0.25, 0.3) is 5.91 Å². The van der Waals surface area contributed by atoms with Crippen LogP contribution in [0.5, 0.6) is 5.75 Å². The number of hydrogen-bond acceptors (Lipinski definition) is 3. The third kappa shape index (κ3) is 5.69. The van der Waals surface area contributed by atoms with E-state index < -0.39 is 6.10 Å². The number of nitrogens with one attached hydrogen (secondary N) is 2. The summed E-state index contributed by atoms with van der Waals surface area (Å²) >= 11 is 0. The summed E-state index contributed by atoms with van der Waals surface area (Å²) in [6.07, 6.45) is -0.239. The summed E-state index contributed by atoms with van der Waals surface area (Å²) in [5.41, 5.74) is 3.55. The highest BCUT2D eigenvalue weighted by molar-refractivity contribution is 5.95. The van der Waals surface area contributed by atoms with E-state index in [1.807, 2.05) is 54.6 Å². The predicted octanol–water partition coefficient (Wildman–Crippen LogP) is 5.11. The zero-order valence-electron chi connectivity index (χ0n) is 16.5. The molecular formula is C24H24N2O3. The van der Waals surface area contributed by atoms with E-state index in [1.54, 1.807) is 38.1 Å². The highest BCUT2D eigenvalue weighted by Gasteiger charge is 2.15. The van der Waals surface area contributed by atoms with Crippen LogP contribution in [0.4, 0.5) is 11.4 Å². The molecule has 0 aliphatic heterocycles. The fourth-order valence-corrected chi connectivity index (χ4v) is 2.74. The van der Waals surface area contributed by atoms with Gasteiger partial charge in [-0.2, -0.15) is 0 Å². The van der Waals surface area contributed by atoms with Crippen LogP contribution in [0, 0.1) is 0 Å². The molecule has 1 unspecified atom stereocenters. The molecule has 0 aromatic heterocycles. The first kappa shape index (κ1) is 20.1. The summed E-state index contributed by atoms with van der Waals surface area (Å²) < 4.78 is 5.76. The number of ether oxygens (including phenoxy) is 1. The molecule has 0 fully saturated rings. The number of hydrogen-bond donors (Lipinski definition) is 2. The number of amides is 2. The van der Waals surface area contributed by atoms with Crippen molar-refractivity contribution in [2.24, 2.45) is 0 Å². The van der Waals surface area contributed by atoms with E-state index in [2.05, 4.69) is 10.6 Å². The SMILES string of the molecule is CCC(=O)Nc1ccc(NC(=O)C(C)Oc2ccc(-c3ccccc3)cc2)cc1. The number of benzene rings is 3. The molecule has 29 heavy (non-hydrogen) atoms. The van der Waals surface area contributed by atoms with Crippen LogP contribution in [0.2, 0.25) is 0 Å². The first-order chi connectivity index (χ1) is 14.0. The molecule has 148 valence electrons. The Morgan fingerprint density at radius 2 is 1.34 bits per heavy atom. The largest absolute Gasteiger partial charge is 0.481 e. The van der Waals surface area contributed by atoms with Crippen LogP contribution in [0.25, 0.3) is 11.1 Å². The number of carbonyl (C=O) groups is 2. The molecule has 0 bridgehead atoms. The second-order valence-electron chi connectivity index (χ2n) is 6.62. The highest BCUT2D eigenvalue weighted by Crippen LogP contribution is 2.23. The van der Waals surface area contributed by atoms with Crippen molar-refractivity contribution in [1.82, 2.24) is 0 Å². The van der Waals surface area contributed by atoms with Gasteiger partial charge in [-0.3, -0.25) is 9.59 Å². The monoisotopic (exact) mass is 388 g/mol. The molecule has 2 N–H and O–H groups in total. The Morgan fingerprint density at radius 1 is 0.793 bits per heavy atom. The topological polar surface area (TPSA) is 67.4 Å². The quantitative estimate of drug-likeness (QED) is 0.591. The van der Waals surface area contributed by atoms with Gasteiger partial charge in [0.05, 0.1) is 0 Å². The zero-order valence-corrected chi connectivity index (χ0v) is 16.5. The summed E-state index contributed by atoms with van der Waals surface area (Å²) in [7, 11) is 0. The number of rotatable bonds is 7. The Hall–Kier alpha value is -3.60. The Kier molecular flexibility index (Phi) is 6.63. The van der Waals surface area contributed by atoms with Crippen LogP contribution in [-0.4, -0.2) is 17.9 Å². The molecule has 3 aromatic rings. The molecule has 3 rings (SSSR count). The lowest BCUT2D eigenvalue weighted by Gasteiger charge is -2.15. The molecule has 3 aromatic carbocycles. The molecule has 5 nitrogen and oxygen atoms in total. The first-order valence-electron chi connectivity index (χ1n) is 9.58. The maximum Gasteiger partial charge on any atom is 0.265 e. The van der Waals surface area contributed by atoms with Crippen LogP contribution in [0.3, 0.4) is 0 Å². The van der Waals surface area contributed by atoms with Gasteiger partial charge in [-0.25, -0.2) is 0 Å². The fraction of sp³-hybridized carbons (Fsp3) is 0.167. The Balaban J connectivity index is 1.55. The fourth-order valence-electron chi connectivity index (χ4n) is 2.74. The summed E-state index contributed by atoms with van der Waals surface area (Å²) in [5.74, 6) is 0.328. The second kappa shape index (κ2) is 9.55. The van der Waals surface area contributed by atoms with Crippen LogP contribution in [0.15, 0.2) is 78.9 Å². The standard InChI is InChI=1S/C24H24N2O3/c1-3-23(27)25-20-11-13-21(14-12-20)26-24(28)17(2)29-22-15-9-19(10-16-22)18-7-5-4-6-8-18/h4-17H,3H2,1-2H3,(H,25,27)(H,26,28). The van der Waals surface area contributed by atoms with Crippen LogP contribution < -0.4 is 15.4 Å². The van der Waals surface area contributed by atoms with Gasteiger partial charge in [-0.1, -0.05) is 49.4 Å². The average Bonchev–Trinajstić information content (AvgIpc) is 2.76. The zero-order chi connectivity index (χ0) is 20.6. The third-order valence-electron chi connectivity index (χ3n) is 4.40. The van der Waals surface area contributed by atoms with Crippen molar-refractivity contribution < 1.29 is 14.3 Å². The van der Waals surface area contributed by atoms with Crippen molar-refractivity contribution in [3.05, 3.63) is 78.9 Å². The molecule has 0 aliphatic rings. The minimum Gasteiger partial charge on any atom is -0.481 e. The van der Waals surface area contributed by atoms with Crippen molar-refractivity contribution in [3.8, 4) is 16.9 Å². The summed E-state index contributed by atoms with van der Waals surface area (Å²) in [6, 6.07) is 24.7. The molecule has 1 atom stereocenters. The lowest BCUT2D eigenvalue weighted by atomic mass is 10.1. The van der Waals surface area contributed by atoms with Gasteiger partial charge in [0, 0.05) is 17.8 Å². The molecule has 0 spiro atoms. The highest BCUT2D eigenvalue weighted by atomic mass is 16.5. The number of carbonyl (C=O) groups excluding carboxylic acids is 2. The maximum absolute atomic E-state index is 12.4. The van der Waals surface area contributed by atoms with Gasteiger partial charge in [-0.05, 0) is 54.4 Å². The van der Waals surface area contributed by atoms with E-state index in [4.69, 9.17) is 4.74 Å². The molecule has 5 heteroatoms. The summed E-state index contributed by atoms with van der Waals surface area (Å²) in [6.45, 7) is 3.50. The third-order valence-corrected chi connectivity index (χ3v) is 4.40. The van der Waals surface area contributed by atoms with Crippen molar-refractivity contribution in [2.45, 2.75) is 26.4 Å². The average molecular weight is 388 g/mol. The van der Waals surface area contributed by atoms with Crippen molar-refractivity contribution in [1.29, 1.82) is 0 Å². The Morgan fingerprint density at radius 3 is 1.93 bits per heavy atom. The Labute approximate surface area is 170 Å². The van der Waals surface area contributed by atoms with Gasteiger partial charge >= 0.3 is 0 Å². The molecule has 0 saturated heterocycles. The Bertz CT molecular complexity index is 952. The molecule has 0 aliphatic carbocycles. The van der Waals surface area contributed by atoms with Crippen molar-refractivity contribution >= 4 is 23.2 Å². The van der Waals surface area contributed by atoms with E-state index >= 15 is 0 Å². The molecule has 0 heterocycles. The van der Waals surface area contributed by atoms with Gasteiger partial charge in [0.2, 0.25) is 5.91 Å². The summed E-state index contributed by atoms with van der Waals surface area (Å²) in [4.78, 5) is 23.8. The number of anilines is 2. The van der Waals surface area contributed by atoms with E-state index in [0.29, 0.717) is 23.5 Å². The van der Waals surface area contributed by atoms with Gasteiger partial charge in [0.15, 0.2) is 6.10 Å². The molecule has 2 amide bonds.